The minimum atomic E-state index is -0.278. The summed E-state index contributed by atoms with van der Waals surface area (Å²) in [5.41, 5.74) is 5.89. The number of carbonyl (C=O) groups excluding carboxylic acids is 1. The molecule has 1 fully saturated rings. The van der Waals surface area contributed by atoms with Gasteiger partial charge in [0.2, 0.25) is 5.91 Å². The van der Waals surface area contributed by atoms with Crippen molar-refractivity contribution in [2.45, 2.75) is 45.1 Å². The Morgan fingerprint density at radius 2 is 1.79 bits per heavy atom. The molecule has 2 heterocycles. The predicted octanol–water partition coefficient (Wildman–Crippen LogP) is 6.60. The van der Waals surface area contributed by atoms with Crippen LogP contribution in [0.25, 0.3) is 28.1 Å². The lowest BCUT2D eigenvalue weighted by molar-refractivity contribution is -0.114. The quantitative estimate of drug-likeness (QED) is 0.256. The van der Waals surface area contributed by atoms with Crippen LogP contribution in [0, 0.1) is 5.82 Å². The maximum absolute atomic E-state index is 13.8. The van der Waals surface area contributed by atoms with E-state index in [1.54, 1.807) is 24.4 Å². The Bertz CT molecular complexity index is 1670. The van der Waals surface area contributed by atoms with Crippen LogP contribution in [0.3, 0.4) is 0 Å². The molecular weight excluding hydrogens is 491 g/mol. The summed E-state index contributed by atoms with van der Waals surface area (Å²) in [5, 5.41) is 7.02. The van der Waals surface area contributed by atoms with Crippen LogP contribution in [0.15, 0.2) is 84.0 Å². The fraction of sp³-hybridized carbons (Fsp3) is 0.226. The molecule has 1 aromatic heterocycles. The van der Waals surface area contributed by atoms with E-state index in [0.717, 1.165) is 57.7 Å². The number of carbonyl (C=O) groups is 1. The Hall–Kier alpha value is -4.59. The number of para-hydroxylation sites is 2. The second-order valence-corrected chi connectivity index (χ2v) is 9.93. The third-order valence-electron chi connectivity index (χ3n) is 7.03. The van der Waals surface area contributed by atoms with Crippen molar-refractivity contribution >= 4 is 34.1 Å². The minimum Gasteiger partial charge on any atom is -0.352 e. The van der Waals surface area contributed by atoms with Gasteiger partial charge in [-0.15, -0.1) is 0 Å². The highest BCUT2D eigenvalue weighted by molar-refractivity contribution is 5.88. The lowest BCUT2D eigenvalue weighted by Gasteiger charge is -2.21. The number of amides is 1. The zero-order chi connectivity index (χ0) is 26.8. The number of hydrogen-bond acceptors (Lipinski definition) is 5. The third kappa shape index (κ3) is 5.36. The van der Waals surface area contributed by atoms with E-state index in [1.807, 2.05) is 36.4 Å². The fourth-order valence-electron chi connectivity index (χ4n) is 5.20. The number of hydrogen-bond donors (Lipinski definition) is 2. The van der Waals surface area contributed by atoms with Crippen molar-refractivity contribution < 1.29 is 9.18 Å². The molecule has 6 rings (SSSR count). The predicted molar refractivity (Wildman–Crippen MR) is 152 cm³/mol. The maximum Gasteiger partial charge on any atom is 0.222 e. The SMILES string of the molecule is CC(=O)Nc1ccc(Nc2cc3nc4ccccc4n(-c4ccc(F)cc4)c-3cc2=NC2CCCCC2)cn1. The van der Waals surface area contributed by atoms with Crippen molar-refractivity contribution in [3.8, 4) is 17.1 Å². The lowest BCUT2D eigenvalue weighted by Crippen LogP contribution is -2.19. The van der Waals surface area contributed by atoms with Crippen LogP contribution in [0.2, 0.25) is 0 Å². The highest BCUT2D eigenvalue weighted by Crippen LogP contribution is 2.31. The molecule has 0 spiro atoms. The Balaban J connectivity index is 1.54. The summed E-state index contributed by atoms with van der Waals surface area (Å²) in [6.45, 7) is 1.46. The molecule has 2 aromatic carbocycles. The van der Waals surface area contributed by atoms with Crippen molar-refractivity contribution in [2.24, 2.45) is 4.99 Å². The molecule has 3 aromatic rings. The molecule has 0 radical (unpaired) electrons. The summed E-state index contributed by atoms with van der Waals surface area (Å²) in [6.07, 6.45) is 7.44. The Morgan fingerprint density at radius 3 is 2.54 bits per heavy atom. The molecule has 8 heteroatoms. The molecule has 0 bridgehead atoms. The van der Waals surface area contributed by atoms with Gasteiger partial charge in [0.25, 0.3) is 0 Å². The van der Waals surface area contributed by atoms with Crippen LogP contribution >= 0.6 is 0 Å². The smallest absolute Gasteiger partial charge is 0.222 e. The van der Waals surface area contributed by atoms with Crippen LogP contribution in [-0.4, -0.2) is 26.5 Å². The van der Waals surface area contributed by atoms with Gasteiger partial charge in [-0.05, 0) is 73.5 Å². The number of halogens is 1. The highest BCUT2D eigenvalue weighted by atomic mass is 19.1. The molecule has 0 atom stereocenters. The van der Waals surface area contributed by atoms with E-state index in [9.17, 15) is 9.18 Å². The van der Waals surface area contributed by atoms with Crippen LogP contribution in [0.5, 0.6) is 0 Å². The van der Waals surface area contributed by atoms with E-state index in [4.69, 9.17) is 9.98 Å². The van der Waals surface area contributed by atoms with Gasteiger partial charge in [0.05, 0.1) is 51.4 Å². The fourth-order valence-corrected chi connectivity index (χ4v) is 5.20. The zero-order valence-electron chi connectivity index (χ0n) is 21.7. The molecule has 3 aliphatic rings. The molecule has 7 nitrogen and oxygen atoms in total. The van der Waals surface area contributed by atoms with E-state index in [0.29, 0.717) is 5.82 Å². The van der Waals surface area contributed by atoms with Gasteiger partial charge in [0.15, 0.2) is 0 Å². The van der Waals surface area contributed by atoms with E-state index in [1.165, 1.54) is 38.3 Å². The second kappa shape index (κ2) is 10.6. The van der Waals surface area contributed by atoms with E-state index < -0.39 is 0 Å². The molecule has 1 aliphatic heterocycles. The van der Waals surface area contributed by atoms with Gasteiger partial charge >= 0.3 is 0 Å². The normalized spacial score (nSPS) is 14.6. The first-order valence-corrected chi connectivity index (χ1v) is 13.3. The standard InChI is InChI=1S/C31H29FN6O/c1-20(39)34-31-16-13-23(19-33-31)36-26-17-28-30(18-27(26)35-22-7-3-2-4-8-22)38(24-14-11-21(32)12-15-24)29-10-6-5-9-25(29)37-28/h5-6,9-19,22,36H,2-4,7-8H2,1H3,(H,33,34,39). The molecular formula is C31H29FN6O. The number of anilines is 3. The number of fused-ring (bicyclic) bond motifs is 2. The number of aromatic nitrogens is 3. The minimum absolute atomic E-state index is 0.168. The molecule has 0 unspecified atom stereocenters. The van der Waals surface area contributed by atoms with Crippen LogP contribution in [0.1, 0.15) is 39.0 Å². The number of nitrogens with one attached hydrogen (secondary N) is 2. The Kier molecular flexibility index (Phi) is 6.75. The van der Waals surface area contributed by atoms with Crippen molar-refractivity contribution in [3.05, 3.63) is 90.2 Å². The van der Waals surface area contributed by atoms with Gasteiger partial charge in [-0.1, -0.05) is 31.4 Å². The van der Waals surface area contributed by atoms with Gasteiger partial charge in [-0.25, -0.2) is 14.4 Å². The van der Waals surface area contributed by atoms with Crippen LogP contribution in [0.4, 0.5) is 21.6 Å². The summed E-state index contributed by atoms with van der Waals surface area (Å²) in [7, 11) is 0. The number of nitrogens with zero attached hydrogens (tertiary/aromatic N) is 4. The van der Waals surface area contributed by atoms with Crippen LogP contribution in [-0.2, 0) is 4.79 Å². The molecule has 2 N–H and O–H groups in total. The summed E-state index contributed by atoms with van der Waals surface area (Å²) >= 11 is 0. The summed E-state index contributed by atoms with van der Waals surface area (Å²) in [5.74, 6) is 0.0471. The van der Waals surface area contributed by atoms with Gasteiger partial charge in [-0.3, -0.25) is 9.79 Å². The van der Waals surface area contributed by atoms with Crippen LogP contribution < -0.4 is 16.0 Å². The van der Waals surface area contributed by atoms with Crippen molar-refractivity contribution in [2.75, 3.05) is 10.6 Å². The van der Waals surface area contributed by atoms with E-state index in [-0.39, 0.29) is 17.8 Å². The molecule has 1 saturated carbocycles. The third-order valence-corrected chi connectivity index (χ3v) is 7.03. The summed E-state index contributed by atoms with van der Waals surface area (Å²) in [4.78, 5) is 25.9. The highest BCUT2D eigenvalue weighted by Gasteiger charge is 2.18. The number of rotatable bonds is 5. The monoisotopic (exact) mass is 520 g/mol. The molecule has 2 aliphatic carbocycles. The van der Waals surface area contributed by atoms with Gasteiger partial charge in [-0.2, -0.15) is 0 Å². The van der Waals surface area contributed by atoms with Gasteiger partial charge < -0.3 is 15.2 Å². The summed E-state index contributed by atoms with van der Waals surface area (Å²) < 4.78 is 15.9. The first kappa shape index (κ1) is 24.7. The van der Waals surface area contributed by atoms with E-state index >= 15 is 0 Å². The largest absolute Gasteiger partial charge is 0.352 e. The molecule has 196 valence electrons. The number of pyridine rings is 1. The van der Waals surface area contributed by atoms with Crippen molar-refractivity contribution in [1.29, 1.82) is 0 Å². The topological polar surface area (TPSA) is 84.2 Å². The maximum atomic E-state index is 13.8. The van der Waals surface area contributed by atoms with Crippen molar-refractivity contribution in [3.63, 3.8) is 0 Å². The van der Waals surface area contributed by atoms with Gasteiger partial charge in [0, 0.05) is 12.6 Å². The molecule has 1 amide bonds. The number of benzene rings is 3. The zero-order valence-corrected chi connectivity index (χ0v) is 21.7. The lowest BCUT2D eigenvalue weighted by atomic mass is 9.96. The van der Waals surface area contributed by atoms with Gasteiger partial charge in [0.1, 0.15) is 11.6 Å². The molecule has 39 heavy (non-hydrogen) atoms. The average molecular weight is 521 g/mol. The Labute approximate surface area is 225 Å². The Morgan fingerprint density at radius 1 is 1.00 bits per heavy atom. The average Bonchev–Trinajstić information content (AvgIpc) is 2.94. The van der Waals surface area contributed by atoms with Crippen molar-refractivity contribution in [1.82, 2.24) is 14.5 Å². The second-order valence-electron chi connectivity index (χ2n) is 9.93. The first-order chi connectivity index (χ1) is 19.0. The first-order valence-electron chi connectivity index (χ1n) is 13.3. The molecule has 0 saturated heterocycles. The van der Waals surface area contributed by atoms with E-state index in [2.05, 4.69) is 26.3 Å². The summed E-state index contributed by atoms with van der Waals surface area (Å²) in [6, 6.07) is 22.5.